The van der Waals surface area contributed by atoms with Crippen molar-refractivity contribution in [1.29, 1.82) is 0 Å². The number of guanidine groups is 1. The third-order valence-corrected chi connectivity index (χ3v) is 2.31. The second-order valence-corrected chi connectivity index (χ2v) is 4.32. The van der Waals surface area contributed by atoms with Crippen LogP contribution in [0.25, 0.3) is 0 Å². The number of carbonyl (C=O) groups is 3. The van der Waals surface area contributed by atoms with Crippen LogP contribution in [0.3, 0.4) is 0 Å². The van der Waals surface area contributed by atoms with Gasteiger partial charge in [0.1, 0.15) is 6.04 Å². The molecule has 0 rings (SSSR count). The molecule has 128 valence electrons. The van der Waals surface area contributed by atoms with Gasteiger partial charge in [0.15, 0.2) is 5.96 Å². The topological polar surface area (TPSA) is 236 Å². The third kappa shape index (κ3) is 15.7. The second kappa shape index (κ2) is 12.3. The summed E-state index contributed by atoms with van der Waals surface area (Å²) in [4.78, 5) is 33.6. The Morgan fingerprint density at radius 1 is 1.14 bits per heavy atom. The van der Waals surface area contributed by atoms with Crippen LogP contribution in [-0.2, 0) is 14.4 Å². The molecule has 0 saturated heterocycles. The Morgan fingerprint density at radius 2 is 1.68 bits per heavy atom. The van der Waals surface area contributed by atoms with Gasteiger partial charge in [-0.15, -0.1) is 0 Å². The van der Waals surface area contributed by atoms with Crippen LogP contribution in [0.15, 0.2) is 4.99 Å². The van der Waals surface area contributed by atoms with Crippen LogP contribution in [-0.4, -0.2) is 47.6 Å². The Kier molecular flexibility index (Phi) is 12.3. The molecule has 0 aliphatic rings. The molecule has 0 fully saturated rings. The van der Waals surface area contributed by atoms with Gasteiger partial charge in [-0.05, 0) is 12.8 Å². The minimum atomic E-state index is -1.30. The number of carboxylic acids is 3. The molecule has 2 atom stereocenters. The number of carbonyl (C=O) groups excluding carboxylic acids is 2. The largest absolute Gasteiger partial charge is 0.548 e. The molecule has 0 aromatic carbocycles. The first-order valence-corrected chi connectivity index (χ1v) is 6.35. The molecule has 0 aromatic rings. The number of nitrogens with zero attached hydrogens (tertiary/aromatic N) is 1. The zero-order valence-corrected chi connectivity index (χ0v) is 12.1. The van der Waals surface area contributed by atoms with Gasteiger partial charge in [0.2, 0.25) is 0 Å². The number of quaternary nitrogens is 1. The number of aliphatic imine (C=N–C) groups is 1. The van der Waals surface area contributed by atoms with Crippen molar-refractivity contribution in [2.45, 2.75) is 37.8 Å². The van der Waals surface area contributed by atoms with Crippen molar-refractivity contribution < 1.29 is 35.4 Å². The monoisotopic (exact) mass is 320 g/mol. The minimum Gasteiger partial charge on any atom is -0.548 e. The number of hydrogen-bond acceptors (Lipinski definition) is 7. The van der Waals surface area contributed by atoms with E-state index in [-0.39, 0.29) is 18.8 Å². The zero-order valence-electron chi connectivity index (χ0n) is 12.1. The van der Waals surface area contributed by atoms with Crippen molar-refractivity contribution >= 4 is 23.9 Å². The Morgan fingerprint density at radius 3 is 2.05 bits per heavy atom. The van der Waals surface area contributed by atoms with Gasteiger partial charge in [0, 0.05) is 19.0 Å². The van der Waals surface area contributed by atoms with Crippen molar-refractivity contribution in [2.75, 3.05) is 6.54 Å². The van der Waals surface area contributed by atoms with Crippen LogP contribution < -0.4 is 33.1 Å². The van der Waals surface area contributed by atoms with Gasteiger partial charge in [-0.25, -0.2) is 0 Å². The number of rotatable bonds is 9. The molecule has 0 bridgehead atoms. The predicted octanol–water partition coefficient (Wildman–Crippen LogP) is -5.67. The maximum Gasteiger partial charge on any atom is 0.303 e. The summed E-state index contributed by atoms with van der Waals surface area (Å²) in [6.07, 6.45) is 0.700. The van der Waals surface area contributed by atoms with E-state index in [1.807, 2.05) is 0 Å². The van der Waals surface area contributed by atoms with Gasteiger partial charge in [0.25, 0.3) is 0 Å². The predicted molar refractivity (Wildman–Crippen MR) is 71.4 cm³/mol. The highest BCUT2D eigenvalue weighted by atomic mass is 16.4. The molecule has 0 unspecified atom stereocenters. The summed E-state index contributed by atoms with van der Waals surface area (Å²) in [5, 5.41) is 28.2. The van der Waals surface area contributed by atoms with Crippen molar-refractivity contribution in [3.05, 3.63) is 0 Å². The first-order chi connectivity index (χ1) is 10.1. The van der Waals surface area contributed by atoms with Crippen molar-refractivity contribution in [1.82, 2.24) is 0 Å². The van der Waals surface area contributed by atoms with E-state index >= 15 is 0 Å². The van der Waals surface area contributed by atoms with Crippen molar-refractivity contribution in [3.8, 4) is 0 Å². The molecule has 0 aliphatic heterocycles. The molecule has 0 spiro atoms. The van der Waals surface area contributed by atoms with Crippen LogP contribution in [0, 0.1) is 0 Å². The van der Waals surface area contributed by atoms with Crippen molar-refractivity contribution in [3.63, 3.8) is 0 Å². The number of hydrogen-bond donors (Lipinski definition) is 5. The maximum atomic E-state index is 10.1. The molecule has 0 saturated carbocycles. The van der Waals surface area contributed by atoms with E-state index in [1.54, 1.807) is 0 Å². The van der Waals surface area contributed by atoms with Crippen LogP contribution in [0.2, 0.25) is 0 Å². The lowest BCUT2D eigenvalue weighted by atomic mass is 10.2. The molecule has 0 radical (unpaired) electrons. The molecule has 22 heavy (non-hydrogen) atoms. The van der Waals surface area contributed by atoms with Crippen molar-refractivity contribution in [2.24, 2.45) is 22.2 Å². The molecule has 10 N–H and O–H groups in total. The lowest BCUT2D eigenvalue weighted by molar-refractivity contribution is -0.438. The fourth-order valence-corrected chi connectivity index (χ4v) is 1.05. The molecular formula is C11H22N5O6-. The fraction of sp³-hybridized carbons (Fsp3) is 0.636. The van der Waals surface area contributed by atoms with Crippen LogP contribution in [0.4, 0.5) is 0 Å². The normalized spacial score (nSPS) is 12.3. The SMILES string of the molecule is NC(N)=NCCC[C@H](N)C(=O)[O-].[NH3+][C@@H](CCC(=O)O)C(=O)[O-]. The molecule has 11 heteroatoms. The number of nitrogens with two attached hydrogens (primary N) is 3. The fourth-order valence-electron chi connectivity index (χ4n) is 1.05. The van der Waals surface area contributed by atoms with E-state index in [0.717, 1.165) is 0 Å². The Balaban J connectivity index is 0. The van der Waals surface area contributed by atoms with Gasteiger partial charge < -0.3 is 47.8 Å². The molecule has 11 nitrogen and oxygen atoms in total. The Labute approximate surface area is 127 Å². The van der Waals surface area contributed by atoms with E-state index in [1.165, 1.54) is 0 Å². The Bertz CT molecular complexity index is 396. The molecular weight excluding hydrogens is 298 g/mol. The van der Waals surface area contributed by atoms with Crippen LogP contribution >= 0.6 is 0 Å². The second-order valence-electron chi connectivity index (χ2n) is 4.32. The summed E-state index contributed by atoms with van der Waals surface area (Å²) in [5.41, 5.74) is 18.4. The minimum absolute atomic E-state index is 0.00276. The van der Waals surface area contributed by atoms with Gasteiger partial charge in [-0.3, -0.25) is 9.79 Å². The molecule has 0 aliphatic carbocycles. The highest BCUT2D eigenvalue weighted by molar-refractivity contribution is 5.75. The standard InChI is InChI=1S/C6H14N4O2.C5H9NO4/c7-4(5(11)12)2-1-3-10-6(8)9;6-3(5(9)10)1-2-4(7)8/h4H,1-3,7H2,(H,11,12)(H4,8,9,10);3H,1-2,6H2,(H,7,8)(H,9,10)/p-1/t4-;3-/m00/s1. The van der Waals surface area contributed by atoms with Gasteiger partial charge in [-0.2, -0.15) is 0 Å². The number of aliphatic carboxylic acids is 3. The third-order valence-electron chi connectivity index (χ3n) is 2.31. The smallest absolute Gasteiger partial charge is 0.303 e. The number of carboxylic acid groups (broad SMARTS) is 3. The highest BCUT2D eigenvalue weighted by Gasteiger charge is 2.08. The van der Waals surface area contributed by atoms with E-state index in [2.05, 4.69) is 10.7 Å². The van der Waals surface area contributed by atoms with Crippen LogP contribution in [0.5, 0.6) is 0 Å². The van der Waals surface area contributed by atoms with Gasteiger partial charge in [-0.1, -0.05) is 0 Å². The van der Waals surface area contributed by atoms with Gasteiger partial charge >= 0.3 is 5.97 Å². The highest BCUT2D eigenvalue weighted by Crippen LogP contribution is 1.93. The Hall–Kier alpha value is -2.40. The quantitative estimate of drug-likeness (QED) is 0.154. The summed E-state index contributed by atoms with van der Waals surface area (Å²) in [7, 11) is 0. The van der Waals surface area contributed by atoms with E-state index in [0.29, 0.717) is 19.4 Å². The molecule has 0 aromatic heterocycles. The lowest BCUT2D eigenvalue weighted by Gasteiger charge is -2.10. The van der Waals surface area contributed by atoms with E-state index in [4.69, 9.17) is 22.3 Å². The summed E-state index contributed by atoms with van der Waals surface area (Å²) in [5.74, 6) is -3.58. The summed E-state index contributed by atoms with van der Waals surface area (Å²) in [6, 6.07) is -1.85. The van der Waals surface area contributed by atoms with Gasteiger partial charge in [0.05, 0.1) is 18.4 Å². The first-order valence-electron chi connectivity index (χ1n) is 6.35. The molecule has 0 amide bonds. The lowest BCUT2D eigenvalue weighted by Crippen LogP contribution is -2.68. The van der Waals surface area contributed by atoms with E-state index in [9.17, 15) is 24.6 Å². The zero-order chi connectivity index (χ0) is 17.7. The van der Waals surface area contributed by atoms with E-state index < -0.39 is 30.0 Å². The molecule has 0 heterocycles. The summed E-state index contributed by atoms with van der Waals surface area (Å²) in [6.45, 7) is 0.392. The first kappa shape index (κ1) is 21.9. The van der Waals surface area contributed by atoms with Crippen LogP contribution in [0.1, 0.15) is 25.7 Å². The summed E-state index contributed by atoms with van der Waals surface area (Å²) >= 11 is 0. The maximum absolute atomic E-state index is 10.1. The average molecular weight is 320 g/mol. The average Bonchev–Trinajstić information content (AvgIpc) is 2.40. The summed E-state index contributed by atoms with van der Waals surface area (Å²) < 4.78 is 0.